The van der Waals surface area contributed by atoms with Crippen LogP contribution in [0.15, 0.2) is 65.7 Å². The van der Waals surface area contributed by atoms with Gasteiger partial charge in [-0.2, -0.15) is 0 Å². The normalized spacial score (nSPS) is 11.1. The topological polar surface area (TPSA) is 30.7 Å². The maximum absolute atomic E-state index is 6.16. The molecule has 31 heavy (non-hydrogen) atoms. The summed E-state index contributed by atoms with van der Waals surface area (Å²) in [4.78, 5) is 1.26. The molecule has 0 aliphatic heterocycles. The second kappa shape index (κ2) is 9.61. The summed E-state index contributed by atoms with van der Waals surface area (Å²) in [6.07, 6.45) is 1.88. The Morgan fingerprint density at radius 1 is 1.06 bits per heavy atom. The first kappa shape index (κ1) is 22.2. The third kappa shape index (κ3) is 4.75. The number of thioether (sulfide) groups is 1. The van der Waals surface area contributed by atoms with Gasteiger partial charge < -0.3 is 0 Å². The number of halogens is 2. The second-order valence-electron chi connectivity index (χ2n) is 7.19. The van der Waals surface area contributed by atoms with Crippen LogP contribution in [0, 0.1) is 13.8 Å². The summed E-state index contributed by atoms with van der Waals surface area (Å²) in [5, 5.41) is 13.2. The number of aryl methyl sites for hydroxylation is 2. The quantitative estimate of drug-likeness (QED) is 0.195. The van der Waals surface area contributed by atoms with Gasteiger partial charge in [-0.3, -0.25) is 4.57 Å². The fraction of sp³-hybridized carbons (Fsp3) is 0.167. The minimum Gasteiger partial charge on any atom is -0.298 e. The largest absolute Gasteiger partial charge is 0.298 e. The van der Waals surface area contributed by atoms with Crippen LogP contribution in [0.3, 0.4) is 0 Å². The number of hydrogen-bond acceptors (Lipinski definition) is 4. The molecular formula is C24H21Cl2N3S2. The number of allylic oxidation sites excluding steroid dienone is 1. The Hall–Kier alpha value is -2.05. The van der Waals surface area contributed by atoms with Crippen molar-refractivity contribution in [3.8, 4) is 22.5 Å². The van der Waals surface area contributed by atoms with Gasteiger partial charge in [0.1, 0.15) is 0 Å². The standard InChI is InChI=1S/C24H21Cl2N3S2/c1-4-11-29-23(19-14-30-16(3)22(19)18-8-5-15(2)6-9-18)27-28-24(29)31-13-17-7-10-20(25)21(26)12-17/h4-10,12,14H,1,11,13H2,2-3H3. The lowest BCUT2D eigenvalue weighted by atomic mass is 10.0. The van der Waals surface area contributed by atoms with Crippen LogP contribution in [-0.2, 0) is 12.3 Å². The molecule has 0 spiro atoms. The highest BCUT2D eigenvalue weighted by molar-refractivity contribution is 7.98. The predicted octanol–water partition coefficient (Wildman–Crippen LogP) is 8.08. The van der Waals surface area contributed by atoms with Gasteiger partial charge in [-0.25, -0.2) is 0 Å². The molecule has 4 aromatic rings. The Balaban J connectivity index is 1.69. The number of rotatable bonds is 7. The molecule has 0 saturated carbocycles. The molecule has 0 fully saturated rings. The van der Waals surface area contributed by atoms with Gasteiger partial charge in [0.25, 0.3) is 0 Å². The van der Waals surface area contributed by atoms with E-state index in [1.54, 1.807) is 23.1 Å². The Morgan fingerprint density at radius 2 is 1.84 bits per heavy atom. The number of thiophene rings is 1. The zero-order valence-corrected chi connectivity index (χ0v) is 20.4. The Bertz CT molecular complexity index is 1230. The highest BCUT2D eigenvalue weighted by atomic mass is 35.5. The van der Waals surface area contributed by atoms with Crippen LogP contribution in [0.5, 0.6) is 0 Å². The van der Waals surface area contributed by atoms with Crippen molar-refractivity contribution in [2.45, 2.75) is 31.3 Å². The van der Waals surface area contributed by atoms with Gasteiger partial charge in [-0.1, -0.05) is 76.9 Å². The third-order valence-corrected chi connectivity index (χ3v) is 7.62. The average molecular weight is 486 g/mol. The fourth-order valence-corrected chi connectivity index (χ4v) is 5.44. The number of nitrogens with zero attached hydrogens (tertiary/aromatic N) is 3. The van der Waals surface area contributed by atoms with Crippen molar-refractivity contribution in [2.24, 2.45) is 0 Å². The smallest absolute Gasteiger partial charge is 0.192 e. The zero-order valence-electron chi connectivity index (χ0n) is 17.2. The summed E-state index contributed by atoms with van der Waals surface area (Å²) >= 11 is 15.6. The predicted molar refractivity (Wildman–Crippen MR) is 134 cm³/mol. The third-order valence-electron chi connectivity index (χ3n) is 4.94. The van der Waals surface area contributed by atoms with Crippen LogP contribution in [0.2, 0.25) is 10.0 Å². The Kier molecular flexibility index (Phi) is 6.87. The van der Waals surface area contributed by atoms with Gasteiger partial charge in [-0.05, 0) is 37.1 Å². The van der Waals surface area contributed by atoms with Gasteiger partial charge in [0, 0.05) is 33.7 Å². The Labute approximate surface area is 200 Å². The molecule has 158 valence electrons. The first-order chi connectivity index (χ1) is 15.0. The van der Waals surface area contributed by atoms with Crippen molar-refractivity contribution in [2.75, 3.05) is 0 Å². The molecule has 0 bridgehead atoms. The highest BCUT2D eigenvalue weighted by Gasteiger charge is 2.20. The summed E-state index contributed by atoms with van der Waals surface area (Å²) in [6, 6.07) is 14.3. The molecule has 0 N–H and O–H groups in total. The maximum Gasteiger partial charge on any atom is 0.192 e. The molecule has 4 rings (SSSR count). The van der Waals surface area contributed by atoms with Crippen LogP contribution < -0.4 is 0 Å². The summed E-state index contributed by atoms with van der Waals surface area (Å²) in [5.74, 6) is 1.58. The number of hydrogen-bond donors (Lipinski definition) is 0. The zero-order chi connectivity index (χ0) is 22.0. The van der Waals surface area contributed by atoms with E-state index >= 15 is 0 Å². The molecule has 0 amide bonds. The van der Waals surface area contributed by atoms with Gasteiger partial charge in [-0.15, -0.1) is 28.1 Å². The first-order valence-corrected chi connectivity index (χ1v) is 12.4. The molecule has 2 aromatic heterocycles. The lowest BCUT2D eigenvalue weighted by molar-refractivity contribution is 0.731. The van der Waals surface area contributed by atoms with E-state index in [2.05, 4.69) is 64.8 Å². The van der Waals surface area contributed by atoms with Crippen molar-refractivity contribution in [3.05, 3.63) is 86.5 Å². The molecule has 2 heterocycles. The number of aromatic nitrogens is 3. The molecular weight excluding hydrogens is 465 g/mol. The second-order valence-corrected chi connectivity index (χ2v) is 10.0. The van der Waals surface area contributed by atoms with E-state index in [4.69, 9.17) is 23.2 Å². The Morgan fingerprint density at radius 3 is 2.55 bits per heavy atom. The molecule has 0 aliphatic carbocycles. The molecule has 0 aliphatic rings. The van der Waals surface area contributed by atoms with Crippen molar-refractivity contribution < 1.29 is 0 Å². The fourth-order valence-electron chi connectivity index (χ4n) is 3.36. The van der Waals surface area contributed by atoms with Gasteiger partial charge in [0.2, 0.25) is 0 Å². The van der Waals surface area contributed by atoms with Crippen LogP contribution in [-0.4, -0.2) is 14.8 Å². The summed E-state index contributed by atoms with van der Waals surface area (Å²) in [7, 11) is 0. The molecule has 2 aromatic carbocycles. The van der Waals surface area contributed by atoms with Crippen molar-refractivity contribution in [3.63, 3.8) is 0 Å². The van der Waals surface area contributed by atoms with E-state index in [1.807, 2.05) is 24.3 Å². The van der Waals surface area contributed by atoms with E-state index in [-0.39, 0.29) is 0 Å². The van der Waals surface area contributed by atoms with E-state index in [9.17, 15) is 0 Å². The molecule has 0 atom stereocenters. The van der Waals surface area contributed by atoms with Crippen LogP contribution in [0.25, 0.3) is 22.5 Å². The van der Waals surface area contributed by atoms with Crippen molar-refractivity contribution >= 4 is 46.3 Å². The lowest BCUT2D eigenvalue weighted by Gasteiger charge is -2.10. The van der Waals surface area contributed by atoms with Crippen molar-refractivity contribution in [1.82, 2.24) is 14.8 Å². The SMILES string of the molecule is C=CCn1c(SCc2ccc(Cl)c(Cl)c2)nnc1-c1csc(C)c1-c1ccc(C)cc1. The summed E-state index contributed by atoms with van der Waals surface area (Å²) in [6.45, 7) is 8.82. The van der Waals surface area contributed by atoms with Gasteiger partial charge in [0.05, 0.1) is 10.0 Å². The molecule has 3 nitrogen and oxygen atoms in total. The lowest BCUT2D eigenvalue weighted by Crippen LogP contribution is -2.01. The van der Waals surface area contributed by atoms with Crippen molar-refractivity contribution in [1.29, 1.82) is 0 Å². The summed E-state index contributed by atoms with van der Waals surface area (Å²) in [5.41, 5.74) is 5.83. The average Bonchev–Trinajstić information content (AvgIpc) is 3.33. The number of benzene rings is 2. The van der Waals surface area contributed by atoms with E-state index < -0.39 is 0 Å². The summed E-state index contributed by atoms with van der Waals surface area (Å²) < 4.78 is 2.12. The van der Waals surface area contributed by atoms with E-state index in [1.165, 1.54) is 21.6 Å². The first-order valence-electron chi connectivity index (χ1n) is 9.74. The van der Waals surface area contributed by atoms with Gasteiger partial charge in [0.15, 0.2) is 11.0 Å². The monoisotopic (exact) mass is 485 g/mol. The molecule has 0 unspecified atom stereocenters. The highest BCUT2D eigenvalue weighted by Crippen LogP contribution is 2.39. The van der Waals surface area contributed by atoms with E-state index in [0.717, 1.165) is 27.9 Å². The van der Waals surface area contributed by atoms with Gasteiger partial charge >= 0.3 is 0 Å². The van der Waals surface area contributed by atoms with Crippen LogP contribution in [0.4, 0.5) is 0 Å². The molecule has 7 heteroatoms. The van der Waals surface area contributed by atoms with E-state index in [0.29, 0.717) is 16.6 Å². The van der Waals surface area contributed by atoms with Crippen LogP contribution in [0.1, 0.15) is 16.0 Å². The van der Waals surface area contributed by atoms with Crippen LogP contribution >= 0.6 is 46.3 Å². The maximum atomic E-state index is 6.16. The minimum atomic E-state index is 0.559. The molecule has 0 saturated heterocycles. The molecule has 0 radical (unpaired) electrons. The minimum absolute atomic E-state index is 0.559.